The van der Waals surface area contributed by atoms with Crippen molar-refractivity contribution in [1.29, 1.82) is 5.26 Å². The zero-order valence-corrected chi connectivity index (χ0v) is 13.9. The van der Waals surface area contributed by atoms with Crippen molar-refractivity contribution in [3.05, 3.63) is 70.5 Å². The third-order valence-corrected chi connectivity index (χ3v) is 5.46. The van der Waals surface area contributed by atoms with Gasteiger partial charge in [0.15, 0.2) is 0 Å². The van der Waals surface area contributed by atoms with Gasteiger partial charge in [-0.1, -0.05) is 18.2 Å². The maximum atomic E-state index is 13.7. The molecule has 0 spiro atoms. The third kappa shape index (κ3) is 2.80. The van der Waals surface area contributed by atoms with Gasteiger partial charge in [-0.25, -0.2) is 4.39 Å². The first-order chi connectivity index (χ1) is 12.1. The van der Waals surface area contributed by atoms with E-state index in [-0.39, 0.29) is 17.8 Å². The lowest BCUT2D eigenvalue weighted by Crippen LogP contribution is -2.38. The normalized spacial score (nSPS) is 20.2. The van der Waals surface area contributed by atoms with Gasteiger partial charge < -0.3 is 5.32 Å². The van der Waals surface area contributed by atoms with Crippen LogP contribution in [0.15, 0.2) is 42.5 Å². The van der Waals surface area contributed by atoms with Crippen molar-refractivity contribution < 1.29 is 9.18 Å². The molecule has 25 heavy (non-hydrogen) atoms. The summed E-state index contributed by atoms with van der Waals surface area (Å²) in [6.45, 7) is 0. The van der Waals surface area contributed by atoms with Crippen LogP contribution in [0.3, 0.4) is 0 Å². The smallest absolute Gasteiger partial charge is 0.231 e. The highest BCUT2D eigenvalue weighted by Gasteiger charge is 2.51. The van der Waals surface area contributed by atoms with Crippen molar-refractivity contribution in [1.82, 2.24) is 5.32 Å². The zero-order chi connectivity index (χ0) is 17.4. The summed E-state index contributed by atoms with van der Waals surface area (Å²) in [6.07, 6.45) is 4.32. The van der Waals surface area contributed by atoms with Crippen LogP contribution >= 0.6 is 0 Å². The summed E-state index contributed by atoms with van der Waals surface area (Å²) in [4.78, 5) is 13.0. The molecule has 126 valence electrons. The molecule has 0 heterocycles. The Kier molecular flexibility index (Phi) is 3.80. The molecule has 0 bridgehead atoms. The molecule has 2 aliphatic carbocycles. The summed E-state index contributed by atoms with van der Waals surface area (Å²) in [7, 11) is 0. The van der Waals surface area contributed by atoms with Gasteiger partial charge in [-0.2, -0.15) is 5.26 Å². The number of rotatable bonds is 3. The van der Waals surface area contributed by atoms with Gasteiger partial charge in [-0.05, 0) is 73.1 Å². The number of benzene rings is 2. The van der Waals surface area contributed by atoms with Gasteiger partial charge in [0.25, 0.3) is 0 Å². The molecule has 0 aromatic heterocycles. The lowest BCUT2D eigenvalue weighted by Gasteiger charge is -2.28. The summed E-state index contributed by atoms with van der Waals surface area (Å²) in [6, 6.07) is 14.2. The Bertz CT molecular complexity index is 880. The number of aryl methyl sites for hydroxylation is 1. The van der Waals surface area contributed by atoms with Crippen molar-refractivity contribution >= 4 is 5.91 Å². The first-order valence-corrected chi connectivity index (χ1v) is 8.72. The van der Waals surface area contributed by atoms with E-state index in [9.17, 15) is 9.18 Å². The van der Waals surface area contributed by atoms with Gasteiger partial charge in [0.05, 0.1) is 23.1 Å². The molecule has 0 aliphatic heterocycles. The van der Waals surface area contributed by atoms with Crippen molar-refractivity contribution in [3.63, 3.8) is 0 Å². The quantitative estimate of drug-likeness (QED) is 0.925. The monoisotopic (exact) mass is 334 g/mol. The average Bonchev–Trinajstić information content (AvgIpc) is 3.44. The van der Waals surface area contributed by atoms with Gasteiger partial charge in [-0.3, -0.25) is 4.79 Å². The van der Waals surface area contributed by atoms with Crippen LogP contribution in [0.4, 0.5) is 4.39 Å². The molecule has 4 rings (SSSR count). The Labute approximate surface area is 146 Å². The van der Waals surface area contributed by atoms with Gasteiger partial charge in [0, 0.05) is 0 Å². The van der Waals surface area contributed by atoms with Crippen LogP contribution in [0.1, 0.15) is 54.0 Å². The molecule has 2 aromatic carbocycles. The van der Waals surface area contributed by atoms with Gasteiger partial charge in [0.1, 0.15) is 5.82 Å². The molecule has 1 amide bonds. The number of fused-ring (bicyclic) bond motifs is 1. The molecule has 0 radical (unpaired) electrons. The van der Waals surface area contributed by atoms with Crippen LogP contribution in [0.2, 0.25) is 0 Å². The Morgan fingerprint density at radius 2 is 2.08 bits per heavy atom. The second-order valence-electron chi connectivity index (χ2n) is 7.04. The maximum Gasteiger partial charge on any atom is 0.231 e. The van der Waals surface area contributed by atoms with Gasteiger partial charge in [-0.15, -0.1) is 0 Å². The van der Waals surface area contributed by atoms with E-state index in [4.69, 9.17) is 5.26 Å². The number of carbonyl (C=O) groups excluding carboxylic acids is 1. The fourth-order valence-electron chi connectivity index (χ4n) is 3.87. The Morgan fingerprint density at radius 1 is 1.24 bits per heavy atom. The molecule has 1 saturated carbocycles. The number of halogens is 1. The minimum absolute atomic E-state index is 0.00954. The predicted octanol–water partition coefficient (Wildman–Crippen LogP) is 3.92. The lowest BCUT2D eigenvalue weighted by molar-refractivity contribution is -0.124. The van der Waals surface area contributed by atoms with Crippen LogP contribution in [0.25, 0.3) is 0 Å². The number of hydrogen-bond donors (Lipinski definition) is 1. The number of amides is 1. The molecule has 1 N–H and O–H groups in total. The summed E-state index contributed by atoms with van der Waals surface area (Å²) in [5, 5.41) is 12.2. The van der Waals surface area contributed by atoms with Crippen molar-refractivity contribution in [2.75, 3.05) is 0 Å². The fourth-order valence-corrected chi connectivity index (χ4v) is 3.87. The van der Waals surface area contributed by atoms with Crippen LogP contribution in [0.5, 0.6) is 0 Å². The molecule has 1 fully saturated rings. The Balaban J connectivity index is 1.59. The lowest BCUT2D eigenvalue weighted by atomic mass is 9.86. The largest absolute Gasteiger partial charge is 0.349 e. The van der Waals surface area contributed by atoms with Crippen LogP contribution in [-0.4, -0.2) is 5.91 Å². The second-order valence-corrected chi connectivity index (χ2v) is 7.04. The van der Waals surface area contributed by atoms with Gasteiger partial charge >= 0.3 is 0 Å². The first kappa shape index (κ1) is 15.8. The van der Waals surface area contributed by atoms with Crippen LogP contribution in [0, 0.1) is 17.1 Å². The predicted molar refractivity (Wildman–Crippen MR) is 92.3 cm³/mol. The fraction of sp³-hybridized carbons (Fsp3) is 0.333. The second kappa shape index (κ2) is 6.00. The average molecular weight is 334 g/mol. The topological polar surface area (TPSA) is 52.9 Å². The van der Waals surface area contributed by atoms with Crippen LogP contribution < -0.4 is 5.32 Å². The number of carbonyl (C=O) groups is 1. The molecule has 0 saturated heterocycles. The van der Waals surface area contributed by atoms with E-state index in [2.05, 4.69) is 11.4 Å². The van der Waals surface area contributed by atoms with Gasteiger partial charge in [0.2, 0.25) is 5.91 Å². The highest BCUT2D eigenvalue weighted by Crippen LogP contribution is 2.49. The Morgan fingerprint density at radius 3 is 2.84 bits per heavy atom. The van der Waals surface area contributed by atoms with Crippen molar-refractivity contribution in [2.24, 2.45) is 0 Å². The Hall–Kier alpha value is -2.67. The number of nitriles is 1. The maximum absolute atomic E-state index is 13.7. The van der Waals surface area contributed by atoms with Crippen molar-refractivity contribution in [3.8, 4) is 6.07 Å². The number of hydrogen-bond acceptors (Lipinski definition) is 2. The molecule has 1 atom stereocenters. The summed E-state index contributed by atoms with van der Waals surface area (Å²) in [5.74, 6) is -0.271. The molecule has 2 aromatic rings. The van der Waals surface area contributed by atoms with Crippen LogP contribution in [-0.2, 0) is 16.6 Å². The highest BCUT2D eigenvalue weighted by molar-refractivity contribution is 5.91. The first-order valence-electron chi connectivity index (χ1n) is 8.72. The zero-order valence-electron chi connectivity index (χ0n) is 13.9. The molecule has 2 aliphatic rings. The molecule has 4 heteroatoms. The van der Waals surface area contributed by atoms with E-state index in [1.807, 2.05) is 18.2 Å². The van der Waals surface area contributed by atoms with Crippen molar-refractivity contribution in [2.45, 2.75) is 43.6 Å². The molecular weight excluding hydrogens is 315 g/mol. The van der Waals surface area contributed by atoms with E-state index in [1.54, 1.807) is 18.2 Å². The highest BCUT2D eigenvalue weighted by atomic mass is 19.1. The van der Waals surface area contributed by atoms with E-state index in [0.29, 0.717) is 5.56 Å². The summed E-state index contributed by atoms with van der Waals surface area (Å²) >= 11 is 0. The number of nitrogens with zero attached hydrogens (tertiary/aromatic N) is 1. The molecular formula is C21H19FN2O. The van der Waals surface area contributed by atoms with E-state index in [1.165, 1.54) is 6.07 Å². The van der Waals surface area contributed by atoms with E-state index in [0.717, 1.165) is 48.8 Å². The number of nitrogens with one attached hydrogen (secondary N) is 1. The minimum Gasteiger partial charge on any atom is -0.349 e. The minimum atomic E-state index is -0.530. The summed E-state index contributed by atoms with van der Waals surface area (Å²) in [5.41, 5.74) is 2.97. The SMILES string of the molecule is N#Cc1cccc(C2(C(=O)N[C@@H]3CCCc4ccc(F)cc43)CC2)c1. The third-order valence-electron chi connectivity index (χ3n) is 5.46. The molecule has 0 unspecified atom stereocenters. The molecule has 3 nitrogen and oxygen atoms in total. The van der Waals surface area contributed by atoms with E-state index >= 15 is 0 Å². The summed E-state index contributed by atoms with van der Waals surface area (Å²) < 4.78 is 13.7. The standard InChI is InChI=1S/C21H19FN2O/c22-17-8-7-15-4-2-6-19(18(15)12-17)24-20(25)21(9-10-21)16-5-1-3-14(11-16)13-23/h1,3,5,7-8,11-12,19H,2,4,6,9-10H2,(H,24,25)/t19-/m1/s1. The van der Waals surface area contributed by atoms with E-state index < -0.39 is 5.41 Å².